The number of aliphatic hydroxyl groups is 1. The molecule has 1 unspecified atom stereocenters. The largest absolute Gasteiger partial charge is 0.396 e. The van der Waals surface area contributed by atoms with Crippen LogP contribution in [0.1, 0.15) is 29.0 Å². The molecule has 2 aromatic rings. The Kier molecular flexibility index (Phi) is 7.41. The number of benzene rings is 2. The fourth-order valence-electron chi connectivity index (χ4n) is 2.80. The molecule has 2 aromatic carbocycles. The number of aryl methyl sites for hydroxylation is 1. The van der Waals surface area contributed by atoms with E-state index in [1.54, 1.807) is 6.07 Å². The van der Waals surface area contributed by atoms with E-state index in [-0.39, 0.29) is 24.4 Å². The second-order valence-electron chi connectivity index (χ2n) is 6.08. The van der Waals surface area contributed by atoms with Gasteiger partial charge >= 0.3 is 6.03 Å². The third-order valence-electron chi connectivity index (χ3n) is 4.24. The molecule has 0 spiro atoms. The molecule has 0 bridgehead atoms. The minimum atomic E-state index is -0.247. The average molecular weight is 344 g/mol. The zero-order valence-corrected chi connectivity index (χ0v) is 14.5. The van der Waals surface area contributed by atoms with Gasteiger partial charge in [0.2, 0.25) is 0 Å². The summed E-state index contributed by atoms with van der Waals surface area (Å²) >= 11 is 0. The van der Waals surface area contributed by atoms with Crippen molar-refractivity contribution >= 4 is 6.03 Å². The van der Waals surface area contributed by atoms with Crippen molar-refractivity contribution in [2.75, 3.05) is 19.7 Å². The first-order chi connectivity index (χ1) is 12.1. The van der Waals surface area contributed by atoms with Crippen molar-refractivity contribution in [3.63, 3.8) is 0 Å². The molecule has 4 nitrogen and oxygen atoms in total. The number of urea groups is 1. The van der Waals surface area contributed by atoms with E-state index < -0.39 is 0 Å². The summed E-state index contributed by atoms with van der Waals surface area (Å²) < 4.78 is 13.1. The Hall–Kier alpha value is -2.40. The quantitative estimate of drug-likeness (QED) is 0.689. The predicted molar refractivity (Wildman–Crippen MR) is 97.1 cm³/mol. The van der Waals surface area contributed by atoms with Crippen molar-refractivity contribution in [1.29, 1.82) is 0 Å². The highest BCUT2D eigenvalue weighted by atomic mass is 19.1. The predicted octanol–water partition coefficient (Wildman–Crippen LogP) is 3.14. The smallest absolute Gasteiger partial charge is 0.314 e. The number of halogens is 1. The van der Waals surface area contributed by atoms with E-state index in [0.29, 0.717) is 25.9 Å². The number of nitrogens with one attached hydrogen (secondary N) is 2. The van der Waals surface area contributed by atoms with Crippen LogP contribution in [0.5, 0.6) is 0 Å². The molecule has 2 rings (SSSR count). The molecule has 0 aliphatic heterocycles. The van der Waals surface area contributed by atoms with Crippen molar-refractivity contribution < 1.29 is 14.3 Å². The normalized spacial score (nSPS) is 11.8. The maximum atomic E-state index is 13.1. The van der Waals surface area contributed by atoms with Gasteiger partial charge in [-0.2, -0.15) is 0 Å². The molecule has 0 radical (unpaired) electrons. The van der Waals surface area contributed by atoms with E-state index >= 15 is 0 Å². The molecule has 2 amide bonds. The average Bonchev–Trinajstić information content (AvgIpc) is 2.61. The molecule has 5 heteroatoms. The van der Waals surface area contributed by atoms with Crippen LogP contribution >= 0.6 is 0 Å². The first-order valence-corrected chi connectivity index (χ1v) is 8.52. The Balaban J connectivity index is 1.77. The first kappa shape index (κ1) is 18.9. The van der Waals surface area contributed by atoms with Gasteiger partial charge in [0.25, 0.3) is 0 Å². The molecule has 3 N–H and O–H groups in total. The number of amides is 2. The molecule has 0 heterocycles. The van der Waals surface area contributed by atoms with E-state index in [1.807, 2.05) is 37.3 Å². The minimum Gasteiger partial charge on any atom is -0.396 e. The van der Waals surface area contributed by atoms with Crippen LogP contribution in [0.3, 0.4) is 0 Å². The highest BCUT2D eigenvalue weighted by molar-refractivity contribution is 5.73. The van der Waals surface area contributed by atoms with Crippen LogP contribution in [0.2, 0.25) is 0 Å². The van der Waals surface area contributed by atoms with Gasteiger partial charge in [-0.15, -0.1) is 0 Å². The van der Waals surface area contributed by atoms with E-state index in [4.69, 9.17) is 0 Å². The van der Waals surface area contributed by atoms with E-state index in [9.17, 15) is 14.3 Å². The molecular weight excluding hydrogens is 319 g/mol. The summed E-state index contributed by atoms with van der Waals surface area (Å²) in [6.45, 7) is 2.88. The Morgan fingerprint density at radius 2 is 1.92 bits per heavy atom. The van der Waals surface area contributed by atoms with Crippen LogP contribution in [0, 0.1) is 12.7 Å². The third kappa shape index (κ3) is 6.19. The SMILES string of the molecule is Cc1cc(F)ccc1CCNC(=O)NCC(CCO)c1ccccc1. The monoisotopic (exact) mass is 344 g/mol. The van der Waals surface area contributed by atoms with Crippen LogP contribution in [-0.4, -0.2) is 30.8 Å². The Morgan fingerprint density at radius 3 is 2.60 bits per heavy atom. The molecule has 0 aromatic heterocycles. The summed E-state index contributed by atoms with van der Waals surface area (Å²) in [4.78, 5) is 12.0. The second kappa shape index (κ2) is 9.79. The first-order valence-electron chi connectivity index (χ1n) is 8.52. The van der Waals surface area contributed by atoms with Crippen molar-refractivity contribution in [2.24, 2.45) is 0 Å². The maximum Gasteiger partial charge on any atom is 0.314 e. The van der Waals surface area contributed by atoms with Gasteiger partial charge < -0.3 is 15.7 Å². The van der Waals surface area contributed by atoms with Gasteiger partial charge in [-0.25, -0.2) is 9.18 Å². The highest BCUT2D eigenvalue weighted by Gasteiger charge is 2.12. The molecule has 134 valence electrons. The molecule has 0 saturated heterocycles. The molecule has 0 aliphatic rings. The van der Waals surface area contributed by atoms with Gasteiger partial charge in [-0.05, 0) is 48.6 Å². The van der Waals surface area contributed by atoms with Gasteiger partial charge in [0, 0.05) is 25.6 Å². The number of carbonyl (C=O) groups is 1. The van der Waals surface area contributed by atoms with Gasteiger partial charge in [-0.1, -0.05) is 36.4 Å². The number of carbonyl (C=O) groups excluding carboxylic acids is 1. The number of aliphatic hydroxyl groups excluding tert-OH is 1. The van der Waals surface area contributed by atoms with Crippen molar-refractivity contribution in [3.05, 3.63) is 71.0 Å². The summed E-state index contributed by atoms with van der Waals surface area (Å²) in [5.41, 5.74) is 3.00. The lowest BCUT2D eigenvalue weighted by Crippen LogP contribution is -2.38. The van der Waals surface area contributed by atoms with Gasteiger partial charge in [0.15, 0.2) is 0 Å². The highest BCUT2D eigenvalue weighted by Crippen LogP contribution is 2.18. The molecule has 0 aliphatic carbocycles. The summed E-state index contributed by atoms with van der Waals surface area (Å²) in [5, 5.41) is 14.9. The summed E-state index contributed by atoms with van der Waals surface area (Å²) in [6, 6.07) is 14.3. The Labute approximate surface area is 148 Å². The number of rotatable bonds is 8. The second-order valence-corrected chi connectivity index (χ2v) is 6.08. The number of hydrogen-bond acceptors (Lipinski definition) is 2. The van der Waals surface area contributed by atoms with Gasteiger partial charge in [-0.3, -0.25) is 0 Å². The molecule has 0 fully saturated rings. The third-order valence-corrected chi connectivity index (χ3v) is 4.24. The van der Waals surface area contributed by atoms with Crippen molar-refractivity contribution in [2.45, 2.75) is 25.7 Å². The summed E-state index contributed by atoms with van der Waals surface area (Å²) in [6.07, 6.45) is 1.25. The molecular formula is C20H25FN2O2. The fraction of sp³-hybridized carbons (Fsp3) is 0.350. The lowest BCUT2D eigenvalue weighted by molar-refractivity contribution is 0.237. The van der Waals surface area contributed by atoms with Crippen molar-refractivity contribution in [1.82, 2.24) is 10.6 Å². The van der Waals surface area contributed by atoms with E-state index in [1.165, 1.54) is 12.1 Å². The number of hydrogen-bond donors (Lipinski definition) is 3. The Bertz CT molecular complexity index is 677. The van der Waals surface area contributed by atoms with Crippen LogP contribution < -0.4 is 10.6 Å². The Morgan fingerprint density at radius 1 is 1.16 bits per heavy atom. The fourth-order valence-corrected chi connectivity index (χ4v) is 2.80. The van der Waals surface area contributed by atoms with E-state index in [2.05, 4.69) is 10.6 Å². The lowest BCUT2D eigenvalue weighted by Gasteiger charge is -2.17. The maximum absolute atomic E-state index is 13.1. The van der Waals surface area contributed by atoms with Crippen LogP contribution in [0.15, 0.2) is 48.5 Å². The summed E-state index contributed by atoms with van der Waals surface area (Å²) in [7, 11) is 0. The molecule has 1 atom stereocenters. The standard InChI is InChI=1S/C20H25FN2O2/c1-15-13-19(21)8-7-16(15)9-11-22-20(25)23-14-18(10-12-24)17-5-3-2-4-6-17/h2-8,13,18,24H,9-12,14H2,1H3,(H2,22,23,25). The zero-order chi connectivity index (χ0) is 18.1. The lowest BCUT2D eigenvalue weighted by atomic mass is 9.96. The summed E-state index contributed by atoms with van der Waals surface area (Å²) in [5.74, 6) is -0.168. The van der Waals surface area contributed by atoms with Gasteiger partial charge in [0.1, 0.15) is 5.82 Å². The van der Waals surface area contributed by atoms with Crippen LogP contribution in [-0.2, 0) is 6.42 Å². The molecule has 0 saturated carbocycles. The van der Waals surface area contributed by atoms with Crippen LogP contribution in [0.4, 0.5) is 9.18 Å². The van der Waals surface area contributed by atoms with Gasteiger partial charge in [0.05, 0.1) is 0 Å². The minimum absolute atomic E-state index is 0.0761. The van der Waals surface area contributed by atoms with Crippen LogP contribution in [0.25, 0.3) is 0 Å². The topological polar surface area (TPSA) is 61.4 Å². The van der Waals surface area contributed by atoms with Crippen molar-refractivity contribution in [3.8, 4) is 0 Å². The molecule has 25 heavy (non-hydrogen) atoms. The zero-order valence-electron chi connectivity index (χ0n) is 14.5. The van der Waals surface area contributed by atoms with E-state index in [0.717, 1.165) is 16.7 Å².